The molecule has 0 aliphatic carbocycles. The van der Waals surface area contributed by atoms with Crippen molar-refractivity contribution in [2.45, 2.75) is 33.1 Å². The summed E-state index contributed by atoms with van der Waals surface area (Å²) in [5.74, 6) is 0.836. The molecule has 0 fully saturated rings. The Morgan fingerprint density at radius 2 is 2.22 bits per heavy atom. The van der Waals surface area contributed by atoms with E-state index < -0.39 is 0 Å². The normalized spacial score (nSPS) is 9.22. The highest BCUT2D eigenvalue weighted by Crippen LogP contribution is 2.05. The maximum atomic E-state index is 3.50. The average Bonchev–Trinajstić information content (AvgIpc) is 1.80. The molecule has 0 saturated heterocycles. The predicted octanol–water partition coefficient (Wildman–Crippen LogP) is 3.15. The van der Waals surface area contributed by atoms with Crippen LogP contribution in [0.3, 0.4) is 0 Å². The zero-order valence-electron chi connectivity index (χ0n) is 6.48. The highest BCUT2D eigenvalue weighted by molar-refractivity contribution is 4.75. The minimum Gasteiger partial charge on any atom is -0.133 e. The lowest BCUT2D eigenvalue weighted by molar-refractivity contribution is 0.560. The summed E-state index contributed by atoms with van der Waals surface area (Å²) in [5.41, 5.74) is 2.77. The van der Waals surface area contributed by atoms with Gasteiger partial charge in [0.2, 0.25) is 0 Å². The summed E-state index contributed by atoms with van der Waals surface area (Å²) in [6.07, 6.45) is 5.74. The largest absolute Gasteiger partial charge is 0.133 e. The lowest BCUT2D eigenvalue weighted by Gasteiger charge is -1.99. The Kier molecular flexibility index (Phi) is 5.35. The van der Waals surface area contributed by atoms with Crippen molar-refractivity contribution in [3.8, 4) is 0 Å². The first-order chi connectivity index (χ1) is 4.27. The zero-order valence-corrected chi connectivity index (χ0v) is 6.48. The van der Waals surface area contributed by atoms with Gasteiger partial charge in [-0.3, -0.25) is 0 Å². The van der Waals surface area contributed by atoms with E-state index >= 15 is 0 Å². The van der Waals surface area contributed by atoms with Crippen molar-refractivity contribution in [1.82, 2.24) is 0 Å². The molecule has 0 heterocycles. The number of hydrogen-bond donors (Lipinski definition) is 0. The van der Waals surface area contributed by atoms with Crippen LogP contribution in [0.4, 0.5) is 0 Å². The first kappa shape index (κ1) is 8.52. The van der Waals surface area contributed by atoms with Gasteiger partial charge in [-0.1, -0.05) is 26.8 Å². The molecule has 0 aromatic carbocycles. The van der Waals surface area contributed by atoms with E-state index in [9.17, 15) is 0 Å². The Bertz CT molecular complexity index is 94.6. The number of allylic oxidation sites excluding steroid dienone is 1. The van der Waals surface area contributed by atoms with Gasteiger partial charge in [0.25, 0.3) is 0 Å². The van der Waals surface area contributed by atoms with Crippen LogP contribution in [0, 0.1) is 5.92 Å². The lowest BCUT2D eigenvalue weighted by Crippen LogP contribution is -1.84. The molecule has 0 rings (SSSR count). The van der Waals surface area contributed by atoms with Gasteiger partial charge in [-0.25, -0.2) is 0 Å². The van der Waals surface area contributed by atoms with Crippen molar-refractivity contribution < 1.29 is 0 Å². The second-order valence-electron chi connectivity index (χ2n) is 2.73. The van der Waals surface area contributed by atoms with Crippen LogP contribution in [-0.2, 0) is 0 Å². The number of unbranched alkanes of at least 4 members (excludes halogenated alkanes) is 1. The van der Waals surface area contributed by atoms with Crippen LogP contribution < -0.4 is 0 Å². The summed E-state index contributed by atoms with van der Waals surface area (Å²) in [4.78, 5) is 0. The second kappa shape index (κ2) is 5.65. The molecule has 0 saturated carbocycles. The first-order valence-electron chi connectivity index (χ1n) is 3.61. The average molecular weight is 124 g/mol. The van der Waals surface area contributed by atoms with Crippen LogP contribution in [0.2, 0.25) is 0 Å². The van der Waals surface area contributed by atoms with E-state index in [1.54, 1.807) is 0 Å². The van der Waals surface area contributed by atoms with E-state index in [0.717, 1.165) is 12.3 Å². The number of rotatable bonds is 4. The van der Waals surface area contributed by atoms with Crippen LogP contribution in [0.5, 0.6) is 0 Å². The van der Waals surface area contributed by atoms with Crippen LogP contribution in [0.25, 0.3) is 0 Å². The van der Waals surface area contributed by atoms with E-state index in [2.05, 4.69) is 26.2 Å². The fraction of sp³-hybridized carbons (Fsp3) is 0.667. The monoisotopic (exact) mass is 124 g/mol. The molecule has 0 radical (unpaired) electrons. The van der Waals surface area contributed by atoms with Crippen LogP contribution >= 0.6 is 0 Å². The Morgan fingerprint density at radius 3 is 2.67 bits per heavy atom. The molecule has 0 aliphatic rings. The van der Waals surface area contributed by atoms with Crippen LogP contribution in [0.15, 0.2) is 18.4 Å². The molecule has 0 aromatic heterocycles. The summed E-state index contributed by atoms with van der Waals surface area (Å²) in [6, 6.07) is 0. The highest BCUT2D eigenvalue weighted by Gasteiger charge is 1.90. The SMILES string of the molecule is C=C=CCCCC(C)C. The molecular formula is C9H16. The second-order valence-corrected chi connectivity index (χ2v) is 2.73. The van der Waals surface area contributed by atoms with Crippen molar-refractivity contribution in [1.29, 1.82) is 0 Å². The quantitative estimate of drug-likeness (QED) is 0.399. The minimum atomic E-state index is 0.836. The molecule has 0 aromatic rings. The summed E-state index contributed by atoms with van der Waals surface area (Å²) in [5, 5.41) is 0. The lowest BCUT2D eigenvalue weighted by atomic mass is 10.1. The Morgan fingerprint density at radius 1 is 1.56 bits per heavy atom. The smallest absolute Gasteiger partial charge is 0.0274 e. The molecule has 0 heteroatoms. The van der Waals surface area contributed by atoms with Gasteiger partial charge in [0, 0.05) is 0 Å². The Hall–Kier alpha value is -0.480. The van der Waals surface area contributed by atoms with Crippen LogP contribution in [-0.4, -0.2) is 0 Å². The molecule has 52 valence electrons. The van der Waals surface area contributed by atoms with Gasteiger partial charge in [0.15, 0.2) is 0 Å². The van der Waals surface area contributed by atoms with Crippen molar-refractivity contribution in [3.63, 3.8) is 0 Å². The zero-order chi connectivity index (χ0) is 7.11. The van der Waals surface area contributed by atoms with E-state index in [1.165, 1.54) is 12.8 Å². The fourth-order valence-electron chi connectivity index (χ4n) is 0.730. The molecule has 0 nitrogen and oxygen atoms in total. The molecule has 0 unspecified atom stereocenters. The molecule has 0 spiro atoms. The molecule has 0 bridgehead atoms. The van der Waals surface area contributed by atoms with Gasteiger partial charge in [0.1, 0.15) is 0 Å². The van der Waals surface area contributed by atoms with Crippen LogP contribution in [0.1, 0.15) is 33.1 Å². The van der Waals surface area contributed by atoms with Gasteiger partial charge in [-0.15, -0.1) is 5.73 Å². The van der Waals surface area contributed by atoms with Gasteiger partial charge >= 0.3 is 0 Å². The summed E-state index contributed by atoms with van der Waals surface area (Å²) < 4.78 is 0. The highest BCUT2D eigenvalue weighted by atomic mass is 14.0. The third-order valence-electron chi connectivity index (χ3n) is 1.27. The van der Waals surface area contributed by atoms with E-state index in [0.29, 0.717) is 0 Å². The van der Waals surface area contributed by atoms with Gasteiger partial charge in [-0.2, -0.15) is 0 Å². The summed E-state index contributed by atoms with van der Waals surface area (Å²) in [6.45, 7) is 7.99. The maximum absolute atomic E-state index is 3.50. The molecule has 0 amide bonds. The molecule has 0 N–H and O–H groups in total. The van der Waals surface area contributed by atoms with Gasteiger partial charge in [-0.05, 0) is 24.8 Å². The molecule has 9 heavy (non-hydrogen) atoms. The van der Waals surface area contributed by atoms with Gasteiger partial charge < -0.3 is 0 Å². The fourth-order valence-corrected chi connectivity index (χ4v) is 0.730. The summed E-state index contributed by atoms with van der Waals surface area (Å²) >= 11 is 0. The van der Waals surface area contributed by atoms with E-state index in [1.807, 2.05) is 6.08 Å². The minimum absolute atomic E-state index is 0.836. The van der Waals surface area contributed by atoms with E-state index in [-0.39, 0.29) is 0 Å². The Balaban J connectivity index is 3.00. The van der Waals surface area contributed by atoms with Crippen molar-refractivity contribution >= 4 is 0 Å². The summed E-state index contributed by atoms with van der Waals surface area (Å²) in [7, 11) is 0. The van der Waals surface area contributed by atoms with Crippen molar-refractivity contribution in [2.75, 3.05) is 0 Å². The predicted molar refractivity (Wildman–Crippen MR) is 42.4 cm³/mol. The Labute approximate surface area is 58.3 Å². The molecular weight excluding hydrogens is 108 g/mol. The van der Waals surface area contributed by atoms with E-state index in [4.69, 9.17) is 0 Å². The number of hydrogen-bond acceptors (Lipinski definition) is 0. The maximum Gasteiger partial charge on any atom is -0.0274 e. The van der Waals surface area contributed by atoms with Gasteiger partial charge in [0.05, 0.1) is 0 Å². The first-order valence-corrected chi connectivity index (χ1v) is 3.61. The molecule has 0 atom stereocenters. The van der Waals surface area contributed by atoms with Crippen molar-refractivity contribution in [2.24, 2.45) is 5.92 Å². The topological polar surface area (TPSA) is 0 Å². The third kappa shape index (κ3) is 7.52. The standard InChI is InChI=1S/C9H16/c1-4-5-6-7-8-9(2)3/h5,9H,1,6-8H2,2-3H3. The van der Waals surface area contributed by atoms with Crippen molar-refractivity contribution in [3.05, 3.63) is 18.4 Å². The molecule has 0 aliphatic heterocycles. The third-order valence-corrected chi connectivity index (χ3v) is 1.27.